The number of rotatable bonds is 3. The highest BCUT2D eigenvalue weighted by Gasteiger charge is 2.33. The summed E-state index contributed by atoms with van der Waals surface area (Å²) in [7, 11) is 0. The molecule has 2 aromatic rings. The Hall–Kier alpha value is -2.63. The number of esters is 1. The van der Waals surface area contributed by atoms with Crippen molar-refractivity contribution in [3.8, 4) is 0 Å². The van der Waals surface area contributed by atoms with Gasteiger partial charge in [0.05, 0.1) is 17.6 Å². The number of aryl methyl sites for hydroxylation is 1. The zero-order chi connectivity index (χ0) is 23.1. The van der Waals surface area contributed by atoms with Crippen molar-refractivity contribution in [2.24, 2.45) is 11.3 Å². The maximum atomic E-state index is 13.2. The lowest BCUT2D eigenvalue weighted by molar-refractivity contribution is 0.0453. The molecule has 1 aliphatic carbocycles. The predicted molar refractivity (Wildman–Crippen MR) is 122 cm³/mol. The van der Waals surface area contributed by atoms with Crippen LogP contribution in [0.3, 0.4) is 0 Å². The van der Waals surface area contributed by atoms with Crippen molar-refractivity contribution in [1.29, 1.82) is 0 Å². The fourth-order valence-electron chi connectivity index (χ4n) is 4.20. The maximum absolute atomic E-state index is 13.2. The van der Waals surface area contributed by atoms with Gasteiger partial charge in [-0.3, -0.25) is 4.98 Å². The zero-order valence-corrected chi connectivity index (χ0v) is 19.8. The Kier molecular flexibility index (Phi) is 6.05. The second-order valence-electron chi connectivity index (χ2n) is 10.3. The first kappa shape index (κ1) is 23.0. The molecule has 0 aromatic carbocycles. The van der Waals surface area contributed by atoms with Gasteiger partial charge in [0, 0.05) is 11.3 Å². The van der Waals surface area contributed by atoms with Crippen LogP contribution in [-0.4, -0.2) is 33.8 Å². The van der Waals surface area contributed by atoms with E-state index in [0.29, 0.717) is 22.5 Å². The molecule has 1 unspecified atom stereocenters. The van der Waals surface area contributed by atoms with E-state index in [0.717, 1.165) is 30.5 Å². The molecule has 2 aromatic heterocycles. The Morgan fingerprint density at radius 3 is 2.48 bits per heavy atom. The van der Waals surface area contributed by atoms with Gasteiger partial charge in [-0.1, -0.05) is 33.4 Å². The lowest BCUT2D eigenvalue weighted by Gasteiger charge is -2.34. The minimum Gasteiger partial charge on any atom is -0.461 e. The molecule has 0 fully saturated rings. The van der Waals surface area contributed by atoms with Crippen molar-refractivity contribution >= 4 is 29.2 Å². The average molecular weight is 427 g/mol. The van der Waals surface area contributed by atoms with Crippen molar-refractivity contribution in [2.45, 2.75) is 73.3 Å². The third-order valence-electron chi connectivity index (χ3n) is 5.82. The average Bonchev–Trinajstić information content (AvgIpc) is 2.97. The number of ether oxygens (including phenoxy) is 2. The molecule has 3 rings (SSSR count). The number of hydrogen-bond donors (Lipinski definition) is 0. The molecule has 0 amide bonds. The van der Waals surface area contributed by atoms with Crippen molar-refractivity contribution in [3.63, 3.8) is 0 Å². The van der Waals surface area contributed by atoms with E-state index < -0.39 is 17.7 Å². The largest absolute Gasteiger partial charge is 0.461 e. The molecule has 1 atom stereocenters. The number of hydrogen-bond acceptors (Lipinski definition) is 5. The van der Waals surface area contributed by atoms with Crippen LogP contribution in [0.5, 0.6) is 0 Å². The molecule has 0 spiro atoms. The van der Waals surface area contributed by atoms with Crippen LogP contribution in [0, 0.1) is 11.3 Å². The zero-order valence-electron chi connectivity index (χ0n) is 19.8. The van der Waals surface area contributed by atoms with Gasteiger partial charge >= 0.3 is 12.1 Å². The normalized spacial score (nSPS) is 16.7. The number of pyridine rings is 1. The van der Waals surface area contributed by atoms with E-state index in [2.05, 4.69) is 27.4 Å². The monoisotopic (exact) mass is 426 g/mol. The van der Waals surface area contributed by atoms with E-state index in [1.807, 2.05) is 6.07 Å². The van der Waals surface area contributed by atoms with Gasteiger partial charge in [0.15, 0.2) is 0 Å². The summed E-state index contributed by atoms with van der Waals surface area (Å²) in [5, 5.41) is 0. The highest BCUT2D eigenvalue weighted by atomic mass is 16.6. The van der Waals surface area contributed by atoms with Crippen LogP contribution < -0.4 is 0 Å². The van der Waals surface area contributed by atoms with E-state index in [-0.39, 0.29) is 17.7 Å². The molecule has 31 heavy (non-hydrogen) atoms. The number of fused-ring (bicyclic) bond motifs is 2. The van der Waals surface area contributed by atoms with Crippen LogP contribution in [0.25, 0.3) is 17.1 Å². The molecule has 2 heterocycles. The van der Waals surface area contributed by atoms with Gasteiger partial charge in [0.2, 0.25) is 0 Å². The topological polar surface area (TPSA) is 70.4 Å². The molecular formula is C25H34N2O4. The Bertz CT molecular complexity index is 1030. The fraction of sp³-hybridized carbons (Fsp3) is 0.560. The fourth-order valence-corrected chi connectivity index (χ4v) is 4.20. The van der Waals surface area contributed by atoms with Gasteiger partial charge in [0.1, 0.15) is 11.3 Å². The number of aromatic nitrogens is 2. The van der Waals surface area contributed by atoms with E-state index in [4.69, 9.17) is 14.5 Å². The Morgan fingerprint density at radius 1 is 1.26 bits per heavy atom. The second kappa shape index (κ2) is 8.13. The molecule has 0 radical (unpaired) electrons. The molecule has 168 valence electrons. The van der Waals surface area contributed by atoms with Gasteiger partial charge in [0.25, 0.3) is 0 Å². The van der Waals surface area contributed by atoms with Crippen molar-refractivity contribution < 1.29 is 19.1 Å². The van der Waals surface area contributed by atoms with Crippen LogP contribution in [0.4, 0.5) is 4.79 Å². The van der Waals surface area contributed by atoms with Crippen LogP contribution in [0.15, 0.2) is 12.6 Å². The number of nitrogens with zero attached hydrogens (tertiary/aromatic N) is 2. The highest BCUT2D eigenvalue weighted by Crippen LogP contribution is 2.39. The second-order valence-corrected chi connectivity index (χ2v) is 10.3. The third-order valence-corrected chi connectivity index (χ3v) is 5.82. The van der Waals surface area contributed by atoms with E-state index >= 15 is 0 Å². The van der Waals surface area contributed by atoms with Gasteiger partial charge < -0.3 is 9.47 Å². The summed E-state index contributed by atoms with van der Waals surface area (Å²) >= 11 is 0. The highest BCUT2D eigenvalue weighted by molar-refractivity contribution is 6.06. The van der Waals surface area contributed by atoms with Gasteiger partial charge in [-0.25, -0.2) is 14.2 Å². The number of carbonyl (C=O) groups is 2. The van der Waals surface area contributed by atoms with Gasteiger partial charge in [-0.2, -0.15) is 0 Å². The molecule has 1 aliphatic rings. The summed E-state index contributed by atoms with van der Waals surface area (Å²) in [6.07, 6.45) is 3.76. The molecule has 0 bridgehead atoms. The van der Waals surface area contributed by atoms with Crippen molar-refractivity contribution in [2.75, 3.05) is 6.61 Å². The Morgan fingerprint density at radius 2 is 1.94 bits per heavy atom. The lowest BCUT2D eigenvalue weighted by atomic mass is 9.71. The summed E-state index contributed by atoms with van der Waals surface area (Å²) in [5.74, 6) is -0.0700. The summed E-state index contributed by atoms with van der Waals surface area (Å²) in [6.45, 7) is 18.0. The van der Waals surface area contributed by atoms with E-state index in [1.165, 1.54) is 4.57 Å². The van der Waals surface area contributed by atoms with Crippen LogP contribution in [0.1, 0.15) is 82.2 Å². The minimum atomic E-state index is -0.715. The maximum Gasteiger partial charge on any atom is 0.419 e. The molecule has 0 saturated carbocycles. The smallest absolute Gasteiger partial charge is 0.419 e. The number of carbonyl (C=O) groups excluding carboxylic acids is 2. The molecule has 6 nitrogen and oxygen atoms in total. The van der Waals surface area contributed by atoms with Crippen molar-refractivity contribution in [3.05, 3.63) is 35.2 Å². The molecular weight excluding hydrogens is 392 g/mol. The quantitative estimate of drug-likeness (QED) is 0.581. The summed E-state index contributed by atoms with van der Waals surface area (Å²) in [5.41, 5.74) is 3.36. The lowest BCUT2D eigenvalue weighted by Crippen LogP contribution is -2.29. The Labute approximate surface area is 184 Å². The third kappa shape index (κ3) is 4.53. The van der Waals surface area contributed by atoms with E-state index in [1.54, 1.807) is 33.8 Å². The van der Waals surface area contributed by atoms with E-state index in [9.17, 15) is 9.59 Å². The molecule has 0 N–H and O–H groups in total. The SMILES string of the molecule is C=Cc1c(C(=O)OCC)n(C(=O)OC(C)(C)C)c2cc3c(nc12)CCC(C(C)(C)C)C3. The summed E-state index contributed by atoms with van der Waals surface area (Å²) in [6, 6.07) is 2.00. The van der Waals surface area contributed by atoms with Gasteiger partial charge in [-0.05, 0) is 69.9 Å². The molecule has 0 saturated heterocycles. The van der Waals surface area contributed by atoms with Crippen LogP contribution in [0.2, 0.25) is 0 Å². The minimum absolute atomic E-state index is 0.114. The predicted octanol–water partition coefficient (Wildman–Crippen LogP) is 5.79. The molecule has 6 heteroatoms. The van der Waals surface area contributed by atoms with Crippen LogP contribution >= 0.6 is 0 Å². The first-order valence-corrected chi connectivity index (χ1v) is 11.0. The van der Waals surface area contributed by atoms with Crippen molar-refractivity contribution in [1.82, 2.24) is 9.55 Å². The summed E-state index contributed by atoms with van der Waals surface area (Å²) < 4.78 is 12.2. The summed E-state index contributed by atoms with van der Waals surface area (Å²) in [4.78, 5) is 31.0. The van der Waals surface area contributed by atoms with Gasteiger partial charge in [-0.15, -0.1) is 0 Å². The first-order chi connectivity index (χ1) is 14.4. The standard InChI is InChI=1S/C25H34N2O4/c1-9-17-20-19(14-15-13-16(24(3,4)5)11-12-18(15)26-20)27(21(17)22(28)30-10-2)23(29)31-25(6,7)8/h9,14,16H,1,10-13H2,2-8H3. The van der Waals surface area contributed by atoms with Crippen LogP contribution in [-0.2, 0) is 22.3 Å². The molecule has 0 aliphatic heterocycles. The first-order valence-electron chi connectivity index (χ1n) is 11.0. The Balaban J connectivity index is 2.26.